The van der Waals surface area contributed by atoms with E-state index in [1.165, 1.54) is 13.3 Å². The molecule has 0 radical (unpaired) electrons. The average molecular weight is 416 g/mol. The third-order valence-electron chi connectivity index (χ3n) is 2.97. The van der Waals surface area contributed by atoms with Crippen LogP contribution in [0.2, 0.25) is 0 Å². The summed E-state index contributed by atoms with van der Waals surface area (Å²) >= 11 is 3.39. The van der Waals surface area contributed by atoms with Gasteiger partial charge in [0.2, 0.25) is 0 Å². The van der Waals surface area contributed by atoms with E-state index in [-0.39, 0.29) is 0 Å². The second-order valence-electron chi connectivity index (χ2n) is 5.46. The number of hydrogen-bond donors (Lipinski definition) is 0. The van der Waals surface area contributed by atoms with E-state index < -0.39 is 6.04 Å². The average Bonchev–Trinajstić information content (AvgIpc) is 2.87. The highest BCUT2D eigenvalue weighted by Gasteiger charge is 2.37. The zero-order valence-corrected chi connectivity index (χ0v) is 18.0. The number of fused-ring (bicyclic) bond motifs is 1. The van der Waals surface area contributed by atoms with Crippen LogP contribution in [0.3, 0.4) is 0 Å². The molecule has 1 aromatic carbocycles. The van der Waals surface area contributed by atoms with Crippen molar-refractivity contribution in [2.75, 3.05) is 17.3 Å². The first-order valence-electron chi connectivity index (χ1n) is 8.62. The SMILES string of the molecule is C=C(C)/C(=C/CBr)N(C)c1ccc2c(c1)OC(C)(F)O2.CC.CCC. The van der Waals surface area contributed by atoms with Crippen LogP contribution in [0.4, 0.5) is 10.1 Å². The molecule has 0 spiro atoms. The van der Waals surface area contributed by atoms with Gasteiger partial charge >= 0.3 is 6.04 Å². The Bertz CT molecular complexity index is 585. The molecule has 3 nitrogen and oxygen atoms in total. The van der Waals surface area contributed by atoms with Gasteiger partial charge < -0.3 is 14.4 Å². The van der Waals surface area contributed by atoms with Crippen molar-refractivity contribution in [2.24, 2.45) is 0 Å². The summed E-state index contributed by atoms with van der Waals surface area (Å²) in [4.78, 5) is 1.97. The number of hydrogen-bond acceptors (Lipinski definition) is 3. The van der Waals surface area contributed by atoms with Crippen LogP contribution < -0.4 is 14.4 Å². The lowest BCUT2D eigenvalue weighted by atomic mass is 10.2. The minimum atomic E-state index is -2.09. The molecule has 1 aromatic rings. The smallest absolute Gasteiger partial charge is 0.404 e. The van der Waals surface area contributed by atoms with Crippen molar-refractivity contribution < 1.29 is 13.9 Å². The Morgan fingerprint density at radius 2 is 1.80 bits per heavy atom. The predicted molar refractivity (Wildman–Crippen MR) is 110 cm³/mol. The van der Waals surface area contributed by atoms with Gasteiger partial charge in [0, 0.05) is 36.8 Å². The van der Waals surface area contributed by atoms with Crippen LogP contribution in [0, 0.1) is 0 Å². The summed E-state index contributed by atoms with van der Waals surface area (Å²) in [5, 5.41) is 0.729. The van der Waals surface area contributed by atoms with Crippen molar-refractivity contribution in [3.63, 3.8) is 0 Å². The summed E-state index contributed by atoms with van der Waals surface area (Å²) in [6, 6.07) is 3.22. The van der Waals surface area contributed by atoms with Gasteiger partial charge in [-0.3, -0.25) is 0 Å². The number of likely N-dealkylation sites (N-methyl/N-ethyl adjacent to an activating group) is 1. The van der Waals surface area contributed by atoms with Crippen LogP contribution in [0.25, 0.3) is 0 Å². The Balaban J connectivity index is 0.00000104. The van der Waals surface area contributed by atoms with Gasteiger partial charge in [0.15, 0.2) is 11.5 Å². The zero-order valence-electron chi connectivity index (χ0n) is 16.5. The van der Waals surface area contributed by atoms with Gasteiger partial charge in [-0.05, 0) is 30.7 Å². The number of allylic oxidation sites excluding steroid dienone is 2. The Kier molecular flexibility index (Phi) is 10.5. The Morgan fingerprint density at radius 3 is 2.28 bits per heavy atom. The molecule has 0 N–H and O–H groups in total. The molecule has 25 heavy (non-hydrogen) atoms. The van der Waals surface area contributed by atoms with E-state index >= 15 is 0 Å². The van der Waals surface area contributed by atoms with Gasteiger partial charge in [-0.2, -0.15) is 4.39 Å². The van der Waals surface area contributed by atoms with E-state index in [2.05, 4.69) is 36.4 Å². The van der Waals surface area contributed by atoms with Crippen LogP contribution in [-0.2, 0) is 0 Å². The third kappa shape index (κ3) is 7.10. The molecule has 0 bridgehead atoms. The zero-order chi connectivity index (χ0) is 19.6. The minimum absolute atomic E-state index is 0.402. The summed E-state index contributed by atoms with van der Waals surface area (Å²) in [7, 11) is 1.93. The largest absolute Gasteiger partial charge is 0.423 e. The topological polar surface area (TPSA) is 21.7 Å². The van der Waals surface area contributed by atoms with Crippen LogP contribution in [-0.4, -0.2) is 18.4 Å². The Labute approximate surface area is 160 Å². The molecular weight excluding hydrogens is 385 g/mol. The summed E-state index contributed by atoms with van der Waals surface area (Å²) in [6.07, 6.45) is 3.27. The van der Waals surface area contributed by atoms with Crippen LogP contribution in [0.1, 0.15) is 48.0 Å². The van der Waals surface area contributed by atoms with Gasteiger partial charge in [0.25, 0.3) is 0 Å². The summed E-state index contributed by atoms with van der Waals surface area (Å²) in [5.41, 5.74) is 2.81. The number of rotatable bonds is 4. The van der Waals surface area contributed by atoms with E-state index in [4.69, 9.17) is 9.47 Å². The molecule has 0 amide bonds. The molecule has 1 aliphatic heterocycles. The van der Waals surface area contributed by atoms with Crippen molar-refractivity contribution in [1.82, 2.24) is 0 Å². The number of anilines is 1. The summed E-state index contributed by atoms with van der Waals surface area (Å²) in [6.45, 7) is 15.4. The second-order valence-corrected chi connectivity index (χ2v) is 6.11. The van der Waals surface area contributed by atoms with Crippen LogP contribution in [0.5, 0.6) is 11.5 Å². The molecule has 2 rings (SSSR count). The molecule has 142 valence electrons. The molecule has 0 aliphatic carbocycles. The van der Waals surface area contributed by atoms with Crippen molar-refractivity contribution >= 4 is 21.6 Å². The van der Waals surface area contributed by atoms with Gasteiger partial charge in [0.05, 0.1) is 0 Å². The van der Waals surface area contributed by atoms with E-state index in [1.54, 1.807) is 12.1 Å². The lowest BCUT2D eigenvalue weighted by Gasteiger charge is -2.23. The predicted octanol–water partition coefficient (Wildman–Crippen LogP) is 6.83. The van der Waals surface area contributed by atoms with Crippen LogP contribution in [0.15, 0.2) is 42.1 Å². The first kappa shape index (κ1) is 23.5. The van der Waals surface area contributed by atoms with E-state index in [1.807, 2.05) is 44.9 Å². The first-order chi connectivity index (χ1) is 11.8. The van der Waals surface area contributed by atoms with Crippen molar-refractivity contribution in [3.8, 4) is 11.5 Å². The number of alkyl halides is 2. The van der Waals surface area contributed by atoms with Gasteiger partial charge in [-0.15, -0.1) is 0 Å². The lowest BCUT2D eigenvalue weighted by Crippen LogP contribution is -2.27. The van der Waals surface area contributed by atoms with Gasteiger partial charge in [0.1, 0.15) is 0 Å². The fourth-order valence-corrected chi connectivity index (χ4v) is 2.40. The molecule has 1 atom stereocenters. The maximum absolute atomic E-state index is 13.7. The summed E-state index contributed by atoms with van der Waals surface area (Å²) < 4.78 is 23.8. The fourth-order valence-electron chi connectivity index (χ4n) is 2.09. The summed E-state index contributed by atoms with van der Waals surface area (Å²) in [5.74, 6) is 0.813. The molecule has 0 aromatic heterocycles. The van der Waals surface area contributed by atoms with E-state index in [9.17, 15) is 4.39 Å². The van der Waals surface area contributed by atoms with Crippen molar-refractivity contribution in [1.29, 1.82) is 0 Å². The Morgan fingerprint density at radius 1 is 1.28 bits per heavy atom. The number of ether oxygens (including phenoxy) is 2. The lowest BCUT2D eigenvalue weighted by molar-refractivity contribution is -0.173. The van der Waals surface area contributed by atoms with Gasteiger partial charge in [-0.1, -0.05) is 56.6 Å². The third-order valence-corrected chi connectivity index (χ3v) is 3.29. The fraction of sp³-hybridized carbons (Fsp3) is 0.500. The quantitative estimate of drug-likeness (QED) is 0.396. The number of nitrogens with zero attached hydrogens (tertiary/aromatic N) is 1. The molecule has 0 fully saturated rings. The molecule has 0 saturated heterocycles. The highest BCUT2D eigenvalue weighted by atomic mass is 79.9. The number of benzene rings is 1. The molecular formula is C20H31BrFNO2. The molecule has 0 saturated carbocycles. The van der Waals surface area contributed by atoms with E-state index in [0.717, 1.165) is 22.3 Å². The molecule has 1 aliphatic rings. The van der Waals surface area contributed by atoms with Crippen molar-refractivity contribution in [3.05, 3.63) is 42.1 Å². The maximum atomic E-state index is 13.7. The standard InChI is InChI=1S/C15H17BrFNO2.C3H8.C2H6/c1-10(2)12(7-8-16)18(4)11-5-6-13-14(9-11)20-15(3,17)19-13;1-3-2;1-2/h5-7,9H,1,8H2,2-4H3;3H2,1-2H3;1-2H3/b12-7-;;. The Hall–Kier alpha value is -1.49. The highest BCUT2D eigenvalue weighted by Crippen LogP contribution is 2.42. The number of halogens is 2. The monoisotopic (exact) mass is 415 g/mol. The molecule has 5 heteroatoms. The molecule has 1 unspecified atom stereocenters. The maximum Gasteiger partial charge on any atom is 0.404 e. The highest BCUT2D eigenvalue weighted by molar-refractivity contribution is 9.09. The van der Waals surface area contributed by atoms with Gasteiger partial charge in [-0.25, -0.2) is 0 Å². The normalized spacial score (nSPS) is 17.7. The second kappa shape index (κ2) is 11.2. The molecule has 1 heterocycles. The minimum Gasteiger partial charge on any atom is -0.423 e. The first-order valence-corrected chi connectivity index (χ1v) is 9.74. The van der Waals surface area contributed by atoms with Crippen LogP contribution >= 0.6 is 15.9 Å². The van der Waals surface area contributed by atoms with Crippen molar-refractivity contribution in [2.45, 2.75) is 54.0 Å². The van der Waals surface area contributed by atoms with E-state index in [0.29, 0.717) is 11.5 Å².